The smallest absolute Gasteiger partial charge is 0.116 e. The minimum atomic E-state index is 0.248. The molecule has 178 valence electrons. The van der Waals surface area contributed by atoms with Crippen molar-refractivity contribution in [1.82, 2.24) is 14.4 Å². The Morgan fingerprint density at radius 3 is 2.36 bits per heavy atom. The first kappa shape index (κ1) is 21.6. The molecule has 3 heterocycles. The largest absolute Gasteiger partial charge is 0.307 e. The quantitative estimate of drug-likeness (QED) is 0.187. The van der Waals surface area contributed by atoms with E-state index in [2.05, 4.69) is 106 Å². The van der Waals surface area contributed by atoms with Gasteiger partial charge in [0.2, 0.25) is 0 Å². The van der Waals surface area contributed by atoms with E-state index in [1.807, 2.05) is 0 Å². The Bertz CT molecular complexity index is 1980. The molecule has 0 saturated carbocycles. The third-order valence-electron chi connectivity index (χ3n) is 7.86. The summed E-state index contributed by atoms with van der Waals surface area (Å²) in [6.07, 6.45) is 2.78. The van der Waals surface area contributed by atoms with Crippen molar-refractivity contribution < 1.29 is 0 Å². The first-order valence-corrected chi connectivity index (χ1v) is 13.0. The molecule has 0 amide bonds. The summed E-state index contributed by atoms with van der Waals surface area (Å²) in [4.78, 5) is 9.55. The van der Waals surface area contributed by atoms with Gasteiger partial charge in [0.1, 0.15) is 6.33 Å². The molecular formula is C33H31N3. The topological polar surface area (TPSA) is 30.2 Å². The van der Waals surface area contributed by atoms with Gasteiger partial charge in [-0.2, -0.15) is 0 Å². The van der Waals surface area contributed by atoms with Gasteiger partial charge in [-0.15, -0.1) is 0 Å². The summed E-state index contributed by atoms with van der Waals surface area (Å²) in [6, 6.07) is 20.8. The fourth-order valence-electron chi connectivity index (χ4n) is 6.28. The second-order valence-corrected chi connectivity index (χ2v) is 12.0. The molecule has 4 aromatic carbocycles. The van der Waals surface area contributed by atoms with Crippen LogP contribution in [0.25, 0.3) is 59.9 Å². The van der Waals surface area contributed by atoms with Crippen LogP contribution in [0, 0.1) is 12.3 Å². The van der Waals surface area contributed by atoms with Crippen molar-refractivity contribution in [3.05, 3.63) is 77.6 Å². The number of rotatable bonds is 2. The molecule has 0 atom stereocenters. The predicted octanol–water partition coefficient (Wildman–Crippen LogP) is 8.95. The van der Waals surface area contributed by atoms with Gasteiger partial charge in [0.05, 0.1) is 33.0 Å². The van der Waals surface area contributed by atoms with Crippen LogP contribution < -0.4 is 0 Å². The number of nitrogens with zero attached hydrogens (tertiary/aromatic N) is 3. The first-order valence-electron chi connectivity index (χ1n) is 13.0. The van der Waals surface area contributed by atoms with E-state index < -0.39 is 0 Å². The molecule has 36 heavy (non-hydrogen) atoms. The van der Waals surface area contributed by atoms with Crippen LogP contribution in [0.15, 0.2) is 60.9 Å². The molecule has 0 N–H and O–H groups in total. The Labute approximate surface area is 211 Å². The van der Waals surface area contributed by atoms with Crippen molar-refractivity contribution in [3.63, 3.8) is 0 Å². The van der Waals surface area contributed by atoms with Gasteiger partial charge in [0.25, 0.3) is 0 Å². The maximum absolute atomic E-state index is 4.88. The molecule has 0 radical (unpaired) electrons. The van der Waals surface area contributed by atoms with Crippen LogP contribution in [-0.2, 0) is 6.42 Å². The average Bonchev–Trinajstić information content (AvgIpc) is 3.16. The van der Waals surface area contributed by atoms with Crippen LogP contribution in [0.3, 0.4) is 0 Å². The van der Waals surface area contributed by atoms with E-state index in [1.165, 1.54) is 60.2 Å². The van der Waals surface area contributed by atoms with Gasteiger partial charge in [0, 0.05) is 16.2 Å². The Hall–Kier alpha value is -3.72. The number of benzene rings is 4. The molecule has 7 rings (SSSR count). The highest BCUT2D eigenvalue weighted by atomic mass is 14.9. The molecule has 0 spiro atoms. The number of pyridine rings is 1. The van der Waals surface area contributed by atoms with Crippen molar-refractivity contribution in [2.24, 2.45) is 5.41 Å². The number of fused-ring (bicyclic) bond motifs is 7. The minimum Gasteiger partial charge on any atom is -0.307 e. The SMILES string of the molecule is Cc1c2ccc(CC(C)(C)C)cc2cc2c3ncnc4ccc5c6ccc(C(C)C)cc6n(c12)c5c43. The lowest BCUT2D eigenvalue weighted by Crippen LogP contribution is -2.09. The van der Waals surface area contributed by atoms with Crippen LogP contribution >= 0.6 is 0 Å². The summed E-state index contributed by atoms with van der Waals surface area (Å²) in [5.74, 6) is 0.470. The van der Waals surface area contributed by atoms with E-state index in [0.29, 0.717) is 5.92 Å². The second kappa shape index (κ2) is 7.16. The van der Waals surface area contributed by atoms with E-state index in [1.54, 1.807) is 6.33 Å². The van der Waals surface area contributed by atoms with E-state index in [9.17, 15) is 0 Å². The van der Waals surface area contributed by atoms with E-state index >= 15 is 0 Å². The lowest BCUT2D eigenvalue weighted by molar-refractivity contribution is 0.411. The highest BCUT2D eigenvalue weighted by Gasteiger charge is 2.22. The van der Waals surface area contributed by atoms with E-state index in [4.69, 9.17) is 4.98 Å². The molecule has 0 aliphatic carbocycles. The Morgan fingerprint density at radius 1 is 0.806 bits per heavy atom. The summed E-state index contributed by atoms with van der Waals surface area (Å²) < 4.78 is 2.50. The Balaban J connectivity index is 1.73. The summed E-state index contributed by atoms with van der Waals surface area (Å²) in [5, 5.41) is 7.52. The third kappa shape index (κ3) is 2.92. The fraction of sp³-hybridized carbons (Fsp3) is 0.273. The number of aromatic nitrogens is 3. The van der Waals surface area contributed by atoms with Gasteiger partial charge >= 0.3 is 0 Å². The van der Waals surface area contributed by atoms with Gasteiger partial charge in [0.15, 0.2) is 0 Å². The summed E-state index contributed by atoms with van der Waals surface area (Å²) in [6.45, 7) is 13.7. The maximum Gasteiger partial charge on any atom is 0.116 e. The van der Waals surface area contributed by atoms with Gasteiger partial charge in [-0.1, -0.05) is 65.0 Å². The standard InChI is InChI=1S/C33H31N3/c1-18(2)21-8-10-24-25-11-12-27-29-30(35-17-34-27)26-14-22-13-20(16-33(4,5)6)7-9-23(22)19(3)31(26)36(32(25)29)28(24)15-21/h7-15,17-18H,16H2,1-6H3. The molecule has 0 aliphatic heterocycles. The molecule has 3 heteroatoms. The average molecular weight is 470 g/mol. The second-order valence-electron chi connectivity index (χ2n) is 12.0. The molecular weight excluding hydrogens is 438 g/mol. The zero-order valence-electron chi connectivity index (χ0n) is 21.9. The summed E-state index contributed by atoms with van der Waals surface area (Å²) >= 11 is 0. The van der Waals surface area contributed by atoms with E-state index in [0.717, 1.165) is 22.8 Å². The Morgan fingerprint density at radius 2 is 1.58 bits per heavy atom. The van der Waals surface area contributed by atoms with Crippen molar-refractivity contribution in [3.8, 4) is 0 Å². The van der Waals surface area contributed by atoms with Crippen LogP contribution in [-0.4, -0.2) is 14.4 Å². The summed E-state index contributed by atoms with van der Waals surface area (Å²) in [5.41, 5.74) is 10.1. The molecule has 0 unspecified atom stereocenters. The third-order valence-corrected chi connectivity index (χ3v) is 7.86. The van der Waals surface area contributed by atoms with Crippen molar-refractivity contribution in [2.45, 2.75) is 53.9 Å². The minimum absolute atomic E-state index is 0.248. The molecule has 0 saturated heterocycles. The van der Waals surface area contributed by atoms with Gasteiger partial charge < -0.3 is 4.40 Å². The van der Waals surface area contributed by atoms with Crippen molar-refractivity contribution >= 4 is 59.9 Å². The van der Waals surface area contributed by atoms with Crippen LogP contribution in [0.2, 0.25) is 0 Å². The molecule has 0 fully saturated rings. The monoisotopic (exact) mass is 469 g/mol. The molecule has 0 bridgehead atoms. The number of hydrogen-bond acceptors (Lipinski definition) is 2. The van der Waals surface area contributed by atoms with Crippen molar-refractivity contribution in [1.29, 1.82) is 0 Å². The number of aryl methyl sites for hydroxylation is 1. The van der Waals surface area contributed by atoms with Crippen molar-refractivity contribution in [2.75, 3.05) is 0 Å². The number of hydrogen-bond donors (Lipinski definition) is 0. The first-order chi connectivity index (χ1) is 17.2. The Kier molecular flexibility index (Phi) is 4.29. The zero-order valence-corrected chi connectivity index (χ0v) is 21.9. The molecule has 0 aliphatic rings. The van der Waals surface area contributed by atoms with Gasteiger partial charge in [-0.3, -0.25) is 0 Å². The fourth-order valence-corrected chi connectivity index (χ4v) is 6.28. The lowest BCUT2D eigenvalue weighted by atomic mass is 9.87. The van der Waals surface area contributed by atoms with Gasteiger partial charge in [-0.05, 0) is 76.4 Å². The van der Waals surface area contributed by atoms with Crippen LogP contribution in [0.4, 0.5) is 0 Å². The predicted molar refractivity (Wildman–Crippen MR) is 154 cm³/mol. The summed E-state index contributed by atoms with van der Waals surface area (Å²) in [7, 11) is 0. The molecule has 7 aromatic rings. The normalized spacial score (nSPS) is 13.1. The zero-order chi connectivity index (χ0) is 24.9. The highest BCUT2D eigenvalue weighted by molar-refractivity contribution is 6.28. The maximum atomic E-state index is 4.88. The molecule has 3 nitrogen and oxygen atoms in total. The van der Waals surface area contributed by atoms with E-state index in [-0.39, 0.29) is 5.41 Å². The van der Waals surface area contributed by atoms with Crippen LogP contribution in [0.5, 0.6) is 0 Å². The molecule has 3 aromatic heterocycles. The lowest BCUT2D eigenvalue weighted by Gasteiger charge is -2.19. The van der Waals surface area contributed by atoms with Crippen LogP contribution in [0.1, 0.15) is 57.2 Å². The highest BCUT2D eigenvalue weighted by Crippen LogP contribution is 2.43. The van der Waals surface area contributed by atoms with Gasteiger partial charge in [-0.25, -0.2) is 9.97 Å².